The van der Waals surface area contributed by atoms with E-state index >= 15 is 0 Å². The van der Waals surface area contributed by atoms with Gasteiger partial charge in [0.2, 0.25) is 5.95 Å². The zero-order chi connectivity index (χ0) is 12.7. The molecule has 0 atom stereocenters. The van der Waals surface area contributed by atoms with Crippen LogP contribution in [0.2, 0.25) is 0 Å². The molecule has 6 nitrogen and oxygen atoms in total. The van der Waals surface area contributed by atoms with Crippen molar-refractivity contribution < 1.29 is 0 Å². The van der Waals surface area contributed by atoms with Crippen LogP contribution in [0.5, 0.6) is 0 Å². The zero-order valence-electron chi connectivity index (χ0n) is 9.71. The molecule has 3 aromatic rings. The largest absolute Gasteiger partial charge is 0.369 e. The SMILES string of the molecule is Cc1ccc(-n2c(N)nc3nc[nH]c(=O)c32)cc1. The fraction of sp³-hybridized carbons (Fsp3) is 0.0833. The number of aromatic amines is 1. The highest BCUT2D eigenvalue weighted by molar-refractivity contribution is 5.76. The number of nitrogen functional groups attached to an aromatic ring is 1. The third-order valence-corrected chi connectivity index (χ3v) is 2.77. The minimum atomic E-state index is -0.259. The minimum Gasteiger partial charge on any atom is -0.369 e. The van der Waals surface area contributed by atoms with Crippen LogP contribution in [0.3, 0.4) is 0 Å². The van der Waals surface area contributed by atoms with E-state index in [-0.39, 0.29) is 11.5 Å². The van der Waals surface area contributed by atoms with Crippen molar-refractivity contribution in [2.45, 2.75) is 6.92 Å². The van der Waals surface area contributed by atoms with Gasteiger partial charge in [-0.15, -0.1) is 0 Å². The van der Waals surface area contributed by atoms with E-state index in [9.17, 15) is 4.79 Å². The van der Waals surface area contributed by atoms with Crippen LogP contribution in [0.25, 0.3) is 16.9 Å². The smallest absolute Gasteiger partial charge is 0.277 e. The summed E-state index contributed by atoms with van der Waals surface area (Å²) in [6.45, 7) is 1.99. The molecule has 0 saturated carbocycles. The molecule has 0 unspecified atom stereocenters. The average Bonchev–Trinajstić information content (AvgIpc) is 2.68. The number of fused-ring (bicyclic) bond motifs is 1. The van der Waals surface area contributed by atoms with Crippen LogP contribution in [-0.2, 0) is 0 Å². The summed E-state index contributed by atoms with van der Waals surface area (Å²) in [5, 5.41) is 0. The van der Waals surface area contributed by atoms with E-state index in [0.29, 0.717) is 11.2 Å². The van der Waals surface area contributed by atoms with E-state index in [1.165, 1.54) is 6.33 Å². The highest BCUT2D eigenvalue weighted by Crippen LogP contribution is 2.18. The molecule has 0 amide bonds. The Kier molecular flexibility index (Phi) is 2.16. The Balaban J connectivity index is 2.38. The average molecular weight is 241 g/mol. The van der Waals surface area contributed by atoms with Crippen molar-refractivity contribution in [3.8, 4) is 5.69 Å². The maximum atomic E-state index is 11.8. The Morgan fingerprint density at radius 2 is 2.00 bits per heavy atom. The molecule has 0 bridgehead atoms. The van der Waals surface area contributed by atoms with Crippen molar-refractivity contribution >= 4 is 17.1 Å². The van der Waals surface area contributed by atoms with Crippen LogP contribution in [0.4, 0.5) is 5.95 Å². The molecule has 0 radical (unpaired) electrons. The van der Waals surface area contributed by atoms with Gasteiger partial charge in [0.1, 0.15) is 0 Å². The van der Waals surface area contributed by atoms with E-state index in [4.69, 9.17) is 5.73 Å². The molecule has 0 aliphatic carbocycles. The maximum absolute atomic E-state index is 11.8. The molecule has 3 N–H and O–H groups in total. The number of hydrogen-bond donors (Lipinski definition) is 2. The van der Waals surface area contributed by atoms with Crippen molar-refractivity contribution in [1.29, 1.82) is 0 Å². The molecule has 0 fully saturated rings. The Bertz CT molecular complexity index is 769. The topological polar surface area (TPSA) is 89.6 Å². The van der Waals surface area contributed by atoms with Crippen LogP contribution in [0.1, 0.15) is 5.56 Å². The molecule has 0 saturated heterocycles. The van der Waals surface area contributed by atoms with Gasteiger partial charge in [-0.1, -0.05) is 17.7 Å². The van der Waals surface area contributed by atoms with Gasteiger partial charge in [-0.25, -0.2) is 4.98 Å². The number of anilines is 1. The summed E-state index contributed by atoms with van der Waals surface area (Å²) in [6.07, 6.45) is 1.32. The van der Waals surface area contributed by atoms with Gasteiger partial charge >= 0.3 is 0 Å². The summed E-state index contributed by atoms with van der Waals surface area (Å²) in [7, 11) is 0. The summed E-state index contributed by atoms with van der Waals surface area (Å²) < 4.78 is 1.60. The quantitative estimate of drug-likeness (QED) is 0.665. The van der Waals surface area contributed by atoms with Crippen molar-refractivity contribution in [1.82, 2.24) is 19.5 Å². The first-order valence-corrected chi connectivity index (χ1v) is 5.45. The highest BCUT2D eigenvalue weighted by Gasteiger charge is 2.13. The fourth-order valence-corrected chi connectivity index (χ4v) is 1.89. The summed E-state index contributed by atoms with van der Waals surface area (Å²) in [6, 6.07) is 7.68. The highest BCUT2D eigenvalue weighted by atomic mass is 16.1. The Morgan fingerprint density at radius 1 is 1.28 bits per heavy atom. The van der Waals surface area contributed by atoms with Gasteiger partial charge in [-0.05, 0) is 19.1 Å². The number of benzene rings is 1. The molecule has 0 aliphatic heterocycles. The monoisotopic (exact) mass is 241 g/mol. The van der Waals surface area contributed by atoms with Crippen LogP contribution < -0.4 is 11.3 Å². The second kappa shape index (κ2) is 3.69. The summed E-state index contributed by atoms with van der Waals surface area (Å²) in [5.41, 5.74) is 8.22. The van der Waals surface area contributed by atoms with Gasteiger partial charge in [-0.2, -0.15) is 4.98 Å². The van der Waals surface area contributed by atoms with E-state index < -0.39 is 0 Å². The third kappa shape index (κ3) is 1.46. The van der Waals surface area contributed by atoms with Gasteiger partial charge in [0.15, 0.2) is 11.2 Å². The van der Waals surface area contributed by atoms with Gasteiger partial charge < -0.3 is 10.7 Å². The lowest BCUT2D eigenvalue weighted by molar-refractivity contribution is 1.08. The predicted octanol–water partition coefficient (Wildman–Crippen LogP) is 0.999. The van der Waals surface area contributed by atoms with E-state index in [1.807, 2.05) is 31.2 Å². The number of hydrogen-bond acceptors (Lipinski definition) is 4. The fourth-order valence-electron chi connectivity index (χ4n) is 1.89. The summed E-state index contributed by atoms with van der Waals surface area (Å²) >= 11 is 0. The first kappa shape index (κ1) is 10.5. The number of aromatic nitrogens is 4. The number of imidazole rings is 1. The van der Waals surface area contributed by atoms with Crippen molar-refractivity contribution in [2.24, 2.45) is 0 Å². The Morgan fingerprint density at radius 3 is 2.72 bits per heavy atom. The van der Waals surface area contributed by atoms with Crippen molar-refractivity contribution in [2.75, 3.05) is 5.73 Å². The maximum Gasteiger partial charge on any atom is 0.277 e. The van der Waals surface area contributed by atoms with E-state index in [1.54, 1.807) is 4.57 Å². The molecule has 1 aromatic carbocycles. The third-order valence-electron chi connectivity index (χ3n) is 2.77. The second-order valence-corrected chi connectivity index (χ2v) is 4.04. The lowest BCUT2D eigenvalue weighted by Gasteiger charge is -2.05. The molecule has 90 valence electrons. The standard InChI is InChI=1S/C12H11N5O/c1-7-2-4-8(5-3-7)17-9-10(16-12(17)13)14-6-15-11(9)18/h2-6H,1H3,(H3,13,14,15,16,18). The number of H-pyrrole nitrogens is 1. The van der Waals surface area contributed by atoms with Crippen LogP contribution >= 0.6 is 0 Å². The van der Waals surface area contributed by atoms with Gasteiger partial charge in [0.25, 0.3) is 5.56 Å². The molecule has 3 rings (SSSR count). The van der Waals surface area contributed by atoms with Crippen LogP contribution in [-0.4, -0.2) is 19.5 Å². The van der Waals surface area contributed by atoms with Gasteiger partial charge in [0.05, 0.1) is 6.33 Å². The summed E-state index contributed by atoms with van der Waals surface area (Å²) in [4.78, 5) is 22.4. The van der Waals surface area contributed by atoms with E-state index in [0.717, 1.165) is 11.3 Å². The Hall–Kier alpha value is -2.63. The van der Waals surface area contributed by atoms with Crippen LogP contribution in [0, 0.1) is 6.92 Å². The number of nitrogens with two attached hydrogens (primary N) is 1. The zero-order valence-corrected chi connectivity index (χ0v) is 9.71. The summed E-state index contributed by atoms with van der Waals surface area (Å²) in [5.74, 6) is 0.248. The van der Waals surface area contributed by atoms with Gasteiger partial charge in [-0.3, -0.25) is 9.36 Å². The minimum absolute atomic E-state index is 0.248. The van der Waals surface area contributed by atoms with Crippen molar-refractivity contribution in [3.05, 3.63) is 46.5 Å². The molecular formula is C12H11N5O. The van der Waals surface area contributed by atoms with Crippen LogP contribution in [0.15, 0.2) is 35.4 Å². The number of aryl methyl sites for hydroxylation is 1. The molecule has 2 heterocycles. The molecule has 2 aromatic heterocycles. The normalized spacial score (nSPS) is 10.9. The first-order valence-electron chi connectivity index (χ1n) is 5.45. The Labute approximate surface area is 102 Å². The number of nitrogens with one attached hydrogen (secondary N) is 1. The number of nitrogens with zero attached hydrogens (tertiary/aromatic N) is 3. The lowest BCUT2D eigenvalue weighted by Crippen LogP contribution is -2.11. The molecular weight excluding hydrogens is 230 g/mol. The predicted molar refractivity (Wildman–Crippen MR) is 68.6 cm³/mol. The molecule has 6 heteroatoms. The second-order valence-electron chi connectivity index (χ2n) is 4.04. The molecule has 18 heavy (non-hydrogen) atoms. The molecule has 0 spiro atoms. The lowest BCUT2D eigenvalue weighted by atomic mass is 10.2. The van der Waals surface area contributed by atoms with Crippen molar-refractivity contribution in [3.63, 3.8) is 0 Å². The van der Waals surface area contributed by atoms with E-state index in [2.05, 4.69) is 15.0 Å². The first-order chi connectivity index (χ1) is 8.66. The van der Waals surface area contributed by atoms with Gasteiger partial charge in [0, 0.05) is 5.69 Å². The molecule has 0 aliphatic rings. The number of rotatable bonds is 1.